The molecule has 0 spiro atoms. The van der Waals surface area contributed by atoms with Crippen LogP contribution in [0.1, 0.15) is 49.9 Å². The summed E-state index contributed by atoms with van der Waals surface area (Å²) in [5, 5.41) is 42.3. The van der Waals surface area contributed by atoms with Crippen molar-refractivity contribution in [2.45, 2.75) is 40.0 Å². The number of anilines is 3. The van der Waals surface area contributed by atoms with Crippen LogP contribution in [0.2, 0.25) is 0 Å². The average Bonchev–Trinajstić information content (AvgIpc) is 3.73. The Morgan fingerprint density at radius 1 is 0.465 bits per heavy atom. The van der Waals surface area contributed by atoms with Crippen LogP contribution in [0.4, 0.5) is 17.1 Å². The lowest BCUT2D eigenvalue weighted by Gasteiger charge is -2.38. The van der Waals surface area contributed by atoms with Crippen LogP contribution in [-0.4, -0.2) is 15.3 Å². The first-order valence-corrected chi connectivity index (χ1v) is 24.6. The second-order valence-electron chi connectivity index (χ2n) is 18.1. The van der Waals surface area contributed by atoms with E-state index in [1.54, 1.807) is 6.92 Å². The first-order valence-electron chi connectivity index (χ1n) is 24.6. The summed E-state index contributed by atoms with van der Waals surface area (Å²) in [6, 6.07) is 71.2. The lowest BCUT2D eigenvalue weighted by molar-refractivity contribution is 0.398. The predicted molar refractivity (Wildman–Crippen MR) is 298 cm³/mol. The molecule has 0 saturated heterocycles. The van der Waals surface area contributed by atoms with Crippen molar-refractivity contribution in [3.63, 3.8) is 0 Å². The van der Waals surface area contributed by atoms with Gasteiger partial charge in [0.1, 0.15) is 11.4 Å². The van der Waals surface area contributed by atoms with Crippen LogP contribution in [0.5, 0.6) is 17.2 Å². The van der Waals surface area contributed by atoms with E-state index in [1.165, 1.54) is 10.9 Å². The van der Waals surface area contributed by atoms with Crippen LogP contribution in [-0.2, 0) is 5.41 Å². The van der Waals surface area contributed by atoms with Gasteiger partial charge in [-0.1, -0.05) is 215 Å². The number of benzene rings is 10. The molecule has 0 aromatic heterocycles. The van der Waals surface area contributed by atoms with E-state index in [0.29, 0.717) is 28.1 Å². The number of fused-ring (bicyclic) bond motifs is 6. The van der Waals surface area contributed by atoms with Crippen LogP contribution < -0.4 is 4.90 Å². The van der Waals surface area contributed by atoms with Gasteiger partial charge in [0, 0.05) is 22.5 Å². The Bertz CT molecular complexity index is 3620. The highest BCUT2D eigenvalue weighted by molar-refractivity contribution is 6.14. The van der Waals surface area contributed by atoms with Crippen molar-refractivity contribution in [1.82, 2.24) is 0 Å². The van der Waals surface area contributed by atoms with Crippen LogP contribution in [0.25, 0.3) is 66.1 Å². The second kappa shape index (κ2) is 19.4. The van der Waals surface area contributed by atoms with E-state index >= 15 is 0 Å². The number of phenols is 3. The number of hydrogen-bond donors (Lipinski definition) is 3. The maximum atomic E-state index is 12.8. The Kier molecular flexibility index (Phi) is 12.6. The highest BCUT2D eigenvalue weighted by Crippen LogP contribution is 2.60. The molecule has 4 heteroatoms. The number of rotatable bonds is 10. The molecule has 0 aliphatic heterocycles. The van der Waals surface area contributed by atoms with E-state index in [-0.39, 0.29) is 23.1 Å². The zero-order valence-electron chi connectivity index (χ0n) is 40.8. The number of allylic oxidation sites excluding steroid dienone is 4. The Labute approximate surface area is 417 Å². The molecular weight excluding hydrogens is 867 g/mol. The van der Waals surface area contributed by atoms with Gasteiger partial charge in [-0.25, -0.2) is 0 Å². The van der Waals surface area contributed by atoms with Crippen molar-refractivity contribution in [1.29, 1.82) is 0 Å². The molecule has 10 aromatic carbocycles. The molecule has 348 valence electrons. The minimum absolute atomic E-state index is 0.00857. The van der Waals surface area contributed by atoms with Crippen molar-refractivity contribution in [2.24, 2.45) is 5.92 Å². The number of nitrogens with zero attached hydrogens (tertiary/aromatic N) is 1. The standard InChI is InChI=1S/C65H51NO3.C2H6/c1-4-5-8-21-42(2)65(49-28-11-7-12-29-49)58-35-18-17-34-55(58)56-37-36-51(41-59(56)65)66(50-30-20-26-46(39-50)57-40-47-24-13-14-31-52(47)53-32-15-16-33-54(53)57)61-62(67)43(3)60(63(68)64(61)69)48-27-19-25-45(38-48)44-22-9-6-10-23-44;1-2/h4-42,67-69H,1-3H3;1-2H3/b5-4-,21-8-;/t42-,65?;/m0./s1. The molecule has 0 fully saturated rings. The molecular formula is C67H57NO3. The van der Waals surface area contributed by atoms with Gasteiger partial charge in [-0.3, -0.25) is 0 Å². The number of phenolic OH excluding ortho intramolecular Hbond substituents is 3. The smallest absolute Gasteiger partial charge is 0.186 e. The highest BCUT2D eigenvalue weighted by Gasteiger charge is 2.48. The normalized spacial score (nSPS) is 14.3. The van der Waals surface area contributed by atoms with E-state index in [0.717, 1.165) is 60.7 Å². The van der Waals surface area contributed by atoms with E-state index in [4.69, 9.17) is 0 Å². The number of hydrogen-bond acceptors (Lipinski definition) is 4. The third-order valence-corrected chi connectivity index (χ3v) is 14.2. The molecule has 1 aliphatic rings. The topological polar surface area (TPSA) is 63.9 Å². The second-order valence-corrected chi connectivity index (χ2v) is 18.1. The van der Waals surface area contributed by atoms with Gasteiger partial charge >= 0.3 is 0 Å². The minimum Gasteiger partial charge on any atom is -0.505 e. The van der Waals surface area contributed by atoms with Gasteiger partial charge in [0.25, 0.3) is 0 Å². The van der Waals surface area contributed by atoms with E-state index in [1.807, 2.05) is 98.5 Å². The summed E-state index contributed by atoms with van der Waals surface area (Å²) in [5.41, 5.74) is 12.0. The first-order chi connectivity index (χ1) is 34.8. The van der Waals surface area contributed by atoms with Crippen LogP contribution in [0.15, 0.2) is 231 Å². The molecule has 1 aliphatic carbocycles. The van der Waals surface area contributed by atoms with Gasteiger partial charge < -0.3 is 20.2 Å². The monoisotopic (exact) mass is 923 g/mol. The molecule has 0 saturated carbocycles. The summed E-state index contributed by atoms with van der Waals surface area (Å²) >= 11 is 0. The molecule has 0 radical (unpaired) electrons. The molecule has 10 aromatic rings. The molecule has 11 rings (SSSR count). The molecule has 0 bridgehead atoms. The predicted octanol–water partition coefficient (Wildman–Crippen LogP) is 18.0. The fourth-order valence-electron chi connectivity index (χ4n) is 11.1. The van der Waals surface area contributed by atoms with Crippen molar-refractivity contribution in [3.8, 4) is 61.8 Å². The highest BCUT2D eigenvalue weighted by atomic mass is 16.3. The fourth-order valence-corrected chi connectivity index (χ4v) is 11.1. The zero-order valence-corrected chi connectivity index (χ0v) is 40.8. The third kappa shape index (κ3) is 7.82. The van der Waals surface area contributed by atoms with Crippen molar-refractivity contribution >= 4 is 38.6 Å². The summed E-state index contributed by atoms with van der Waals surface area (Å²) in [6.45, 7) is 10.1. The first kappa shape index (κ1) is 46.1. The largest absolute Gasteiger partial charge is 0.505 e. The Morgan fingerprint density at radius 2 is 1.07 bits per heavy atom. The SMILES string of the molecule is C/C=C\C=C/[C@H](C)C1(c2ccccc2)c2ccccc2-c2ccc(N(c3cccc(-c4cc5ccccc5c5ccccc45)c3)c3c(O)c(C)c(-c4cccc(-c5ccccc5)c4)c(O)c3O)cc21.CC. The minimum atomic E-state index is -0.616. The molecule has 1 unspecified atom stereocenters. The summed E-state index contributed by atoms with van der Waals surface area (Å²) in [5.74, 6) is -0.902. The maximum Gasteiger partial charge on any atom is 0.186 e. The summed E-state index contributed by atoms with van der Waals surface area (Å²) in [6.07, 6.45) is 8.53. The fraction of sp³-hybridized carbons (Fsp3) is 0.104. The lowest BCUT2D eigenvalue weighted by Crippen LogP contribution is -2.33. The molecule has 2 atom stereocenters. The zero-order chi connectivity index (χ0) is 49.2. The van der Waals surface area contributed by atoms with E-state index in [2.05, 4.69) is 165 Å². The lowest BCUT2D eigenvalue weighted by atomic mass is 9.64. The quantitative estimate of drug-likeness (QED) is 0.0553. The van der Waals surface area contributed by atoms with Crippen LogP contribution in [0, 0.1) is 12.8 Å². The summed E-state index contributed by atoms with van der Waals surface area (Å²) < 4.78 is 0. The van der Waals surface area contributed by atoms with E-state index in [9.17, 15) is 15.3 Å². The average molecular weight is 924 g/mol. The molecule has 71 heavy (non-hydrogen) atoms. The molecule has 0 amide bonds. The number of aromatic hydroxyl groups is 3. The van der Waals surface area contributed by atoms with Gasteiger partial charge in [0.15, 0.2) is 11.5 Å². The molecule has 0 heterocycles. The Hall–Kier alpha value is -8.60. The van der Waals surface area contributed by atoms with Gasteiger partial charge in [-0.15, -0.1) is 0 Å². The van der Waals surface area contributed by atoms with Gasteiger partial charge in [-0.05, 0) is 133 Å². The van der Waals surface area contributed by atoms with Crippen LogP contribution in [0.3, 0.4) is 0 Å². The Morgan fingerprint density at radius 3 is 1.85 bits per heavy atom. The van der Waals surface area contributed by atoms with Crippen LogP contribution >= 0.6 is 0 Å². The van der Waals surface area contributed by atoms with Crippen molar-refractivity contribution in [2.75, 3.05) is 4.90 Å². The van der Waals surface area contributed by atoms with Crippen molar-refractivity contribution in [3.05, 3.63) is 253 Å². The molecule has 3 N–H and O–H groups in total. The van der Waals surface area contributed by atoms with Gasteiger partial charge in [0.2, 0.25) is 0 Å². The maximum absolute atomic E-state index is 12.8. The Balaban J connectivity index is 0.00000287. The molecule has 4 nitrogen and oxygen atoms in total. The third-order valence-electron chi connectivity index (χ3n) is 14.2. The summed E-state index contributed by atoms with van der Waals surface area (Å²) in [4.78, 5) is 1.91. The van der Waals surface area contributed by atoms with Gasteiger partial charge in [0.05, 0.1) is 5.41 Å². The van der Waals surface area contributed by atoms with Gasteiger partial charge in [-0.2, -0.15) is 0 Å². The van der Waals surface area contributed by atoms with Crippen molar-refractivity contribution < 1.29 is 15.3 Å². The van der Waals surface area contributed by atoms with E-state index < -0.39 is 11.2 Å². The summed E-state index contributed by atoms with van der Waals surface area (Å²) in [7, 11) is 0.